The van der Waals surface area contributed by atoms with E-state index in [1.165, 1.54) is 0 Å². The fourth-order valence-electron chi connectivity index (χ4n) is 5.22. The van der Waals surface area contributed by atoms with Gasteiger partial charge in [-0.05, 0) is 55.0 Å². The van der Waals surface area contributed by atoms with E-state index in [0.29, 0.717) is 25.3 Å². The van der Waals surface area contributed by atoms with Gasteiger partial charge in [-0.15, -0.1) is 0 Å². The molecule has 1 N–H and O–H groups in total. The van der Waals surface area contributed by atoms with Gasteiger partial charge in [-0.1, -0.05) is 34.1 Å². The van der Waals surface area contributed by atoms with Crippen molar-refractivity contribution in [2.45, 2.75) is 13.0 Å². The summed E-state index contributed by atoms with van der Waals surface area (Å²) in [7, 11) is 0. The number of likely N-dealkylation sites (tertiary alicyclic amines) is 1. The lowest BCUT2D eigenvalue weighted by Gasteiger charge is -2.20. The lowest BCUT2D eigenvalue weighted by atomic mass is 9.92. The molecule has 6 nitrogen and oxygen atoms in total. The van der Waals surface area contributed by atoms with E-state index in [1.54, 1.807) is 0 Å². The van der Waals surface area contributed by atoms with Gasteiger partial charge in [-0.3, -0.25) is 9.59 Å². The Morgan fingerprint density at radius 1 is 1.00 bits per heavy atom. The third-order valence-corrected chi connectivity index (χ3v) is 7.50. The molecule has 0 aliphatic carbocycles. The lowest BCUT2D eigenvalue weighted by molar-refractivity contribution is -0.120. The molecule has 3 heterocycles. The Hall–Kier alpha value is -3.16. The zero-order valence-electron chi connectivity index (χ0n) is 18.6. The first-order valence-corrected chi connectivity index (χ1v) is 12.2. The molecule has 172 valence electrons. The number of nitrogens with zero attached hydrogens (tertiary/aromatic N) is 1. The van der Waals surface area contributed by atoms with E-state index in [-0.39, 0.29) is 29.8 Å². The van der Waals surface area contributed by atoms with Crippen molar-refractivity contribution in [2.24, 2.45) is 11.8 Å². The Morgan fingerprint density at radius 2 is 1.82 bits per heavy atom. The largest absolute Gasteiger partial charge is 0.456 e. The maximum Gasteiger partial charge on any atom is 0.254 e. The first kappa shape index (κ1) is 21.4. The number of nitrogens with one attached hydrogen (secondary N) is 1. The number of carbonyl (C=O) groups is 2. The van der Waals surface area contributed by atoms with Crippen LogP contribution in [0.2, 0.25) is 0 Å². The molecule has 3 atom stereocenters. The van der Waals surface area contributed by atoms with Crippen LogP contribution >= 0.6 is 15.9 Å². The van der Waals surface area contributed by atoms with E-state index in [0.717, 1.165) is 37.7 Å². The number of hydrogen-bond acceptors (Lipinski definition) is 4. The van der Waals surface area contributed by atoms with Crippen molar-refractivity contribution in [3.8, 4) is 0 Å². The first-order chi connectivity index (χ1) is 16.5. The number of halogens is 1. The predicted octanol–water partition coefficient (Wildman–Crippen LogP) is 5.38. The minimum atomic E-state index is -0.300. The number of carbonyl (C=O) groups excluding carboxylic acids is 2. The number of aryl methyl sites for hydroxylation is 1. The highest BCUT2D eigenvalue weighted by Gasteiger charge is 2.48. The van der Waals surface area contributed by atoms with E-state index in [1.807, 2.05) is 72.5 Å². The predicted molar refractivity (Wildman–Crippen MR) is 134 cm³/mol. The molecule has 7 heteroatoms. The molecule has 0 radical (unpaired) electrons. The summed E-state index contributed by atoms with van der Waals surface area (Å²) in [4.78, 5) is 28.2. The van der Waals surface area contributed by atoms with Crippen LogP contribution in [0, 0.1) is 18.8 Å². The van der Waals surface area contributed by atoms with Crippen LogP contribution in [0.3, 0.4) is 0 Å². The van der Waals surface area contributed by atoms with Gasteiger partial charge in [0.25, 0.3) is 5.91 Å². The van der Waals surface area contributed by atoms with Gasteiger partial charge in [-0.2, -0.15) is 0 Å². The van der Waals surface area contributed by atoms with Crippen molar-refractivity contribution in [3.63, 3.8) is 0 Å². The number of fused-ring (bicyclic) bond motifs is 4. The van der Waals surface area contributed by atoms with Gasteiger partial charge < -0.3 is 19.4 Å². The van der Waals surface area contributed by atoms with Crippen LogP contribution in [0.1, 0.15) is 15.9 Å². The molecule has 1 aromatic heterocycles. The second kappa shape index (κ2) is 8.25. The third kappa shape index (κ3) is 3.60. The zero-order valence-corrected chi connectivity index (χ0v) is 20.2. The van der Waals surface area contributed by atoms with Crippen LogP contribution in [0.4, 0.5) is 5.69 Å². The topological polar surface area (TPSA) is 71.8 Å². The fourth-order valence-corrected chi connectivity index (χ4v) is 5.70. The normalized spacial score (nSPS) is 21.8. The minimum absolute atomic E-state index is 0.0144. The molecule has 2 amide bonds. The highest BCUT2D eigenvalue weighted by atomic mass is 79.9. The molecular weight excluding hydrogens is 496 g/mol. The molecule has 0 saturated carbocycles. The van der Waals surface area contributed by atoms with E-state index in [2.05, 4.69) is 21.2 Å². The number of anilines is 1. The number of hydrogen-bond donors (Lipinski definition) is 1. The quantitative estimate of drug-likeness (QED) is 0.395. The summed E-state index contributed by atoms with van der Waals surface area (Å²) in [5.41, 5.74) is 3.95. The van der Waals surface area contributed by atoms with Gasteiger partial charge in [-0.25, -0.2) is 0 Å². The number of rotatable bonds is 3. The van der Waals surface area contributed by atoms with E-state index < -0.39 is 0 Å². The monoisotopic (exact) mass is 518 g/mol. The smallest absolute Gasteiger partial charge is 0.254 e. The summed E-state index contributed by atoms with van der Waals surface area (Å²) in [6.45, 7) is 3.33. The molecule has 0 unspecified atom stereocenters. The summed E-state index contributed by atoms with van der Waals surface area (Å²) >= 11 is 3.45. The Bertz CT molecular complexity index is 1450. The van der Waals surface area contributed by atoms with Crippen molar-refractivity contribution < 1.29 is 18.7 Å². The molecule has 6 rings (SSSR count). The Kier molecular flexibility index (Phi) is 5.19. The summed E-state index contributed by atoms with van der Waals surface area (Å²) in [6, 6.07) is 19.2. The molecule has 2 aliphatic heterocycles. The van der Waals surface area contributed by atoms with Crippen molar-refractivity contribution >= 4 is 55.4 Å². The third-order valence-electron chi connectivity index (χ3n) is 7.00. The van der Waals surface area contributed by atoms with Crippen LogP contribution in [0.25, 0.3) is 21.9 Å². The highest BCUT2D eigenvalue weighted by Crippen LogP contribution is 2.36. The molecule has 34 heavy (non-hydrogen) atoms. The van der Waals surface area contributed by atoms with Crippen LogP contribution in [-0.2, 0) is 9.53 Å². The Morgan fingerprint density at radius 3 is 2.68 bits per heavy atom. The van der Waals surface area contributed by atoms with Crippen molar-refractivity contribution in [1.29, 1.82) is 0 Å². The Balaban J connectivity index is 1.18. The molecule has 4 aromatic rings. The highest BCUT2D eigenvalue weighted by molar-refractivity contribution is 9.10. The molecule has 3 aromatic carbocycles. The second-order valence-corrected chi connectivity index (χ2v) is 10.0. The van der Waals surface area contributed by atoms with E-state index >= 15 is 0 Å². The first-order valence-electron chi connectivity index (χ1n) is 11.4. The molecule has 0 bridgehead atoms. The van der Waals surface area contributed by atoms with Gasteiger partial charge >= 0.3 is 0 Å². The number of furan rings is 1. The summed E-state index contributed by atoms with van der Waals surface area (Å²) in [5, 5.41) is 5.05. The lowest BCUT2D eigenvalue weighted by Crippen LogP contribution is -2.34. The fraction of sp³-hybridized carbons (Fsp3) is 0.259. The van der Waals surface area contributed by atoms with E-state index in [4.69, 9.17) is 9.15 Å². The molecule has 2 aliphatic rings. The Labute approximate surface area is 205 Å². The van der Waals surface area contributed by atoms with Crippen LogP contribution in [-0.4, -0.2) is 42.5 Å². The molecular formula is C27H23BrN2O4. The van der Waals surface area contributed by atoms with Crippen LogP contribution in [0.15, 0.2) is 69.6 Å². The van der Waals surface area contributed by atoms with Gasteiger partial charge in [0.2, 0.25) is 5.91 Å². The van der Waals surface area contributed by atoms with Gasteiger partial charge in [0.1, 0.15) is 11.2 Å². The molecule has 2 saturated heterocycles. The average Bonchev–Trinajstić information content (AvgIpc) is 3.51. The van der Waals surface area contributed by atoms with Gasteiger partial charge in [0.05, 0.1) is 18.6 Å². The second-order valence-electron chi connectivity index (χ2n) is 9.11. The van der Waals surface area contributed by atoms with Crippen LogP contribution in [0.5, 0.6) is 0 Å². The number of benzene rings is 3. The number of ether oxygens (including phenoxy) is 1. The standard InChI is InChI=1S/C27H23BrN2O4/c1-15-10-16(28)6-8-18(15)27(32)30-12-21-22(14-33-25(21)13-30)26(31)29-17-7-9-24-20(11-17)19-4-2-3-5-23(19)34-24/h2-11,21-22,25H,12-14H2,1H3,(H,29,31)/t21-,22-,25-/m1/s1. The van der Waals surface area contributed by atoms with Crippen molar-refractivity contribution in [3.05, 3.63) is 76.3 Å². The molecule has 0 spiro atoms. The van der Waals surface area contributed by atoms with Crippen molar-refractivity contribution in [1.82, 2.24) is 4.90 Å². The molecule has 2 fully saturated rings. The van der Waals surface area contributed by atoms with Gasteiger partial charge in [0.15, 0.2) is 0 Å². The van der Waals surface area contributed by atoms with E-state index in [9.17, 15) is 9.59 Å². The SMILES string of the molecule is Cc1cc(Br)ccc1C(=O)N1C[C@H]2[C@@H](C1)OC[C@H]2C(=O)Nc1ccc2oc3ccccc3c2c1. The number of para-hydroxylation sites is 1. The minimum Gasteiger partial charge on any atom is -0.456 e. The maximum atomic E-state index is 13.2. The maximum absolute atomic E-state index is 13.2. The number of amides is 2. The summed E-state index contributed by atoms with van der Waals surface area (Å²) in [5.74, 6) is -0.406. The summed E-state index contributed by atoms with van der Waals surface area (Å²) < 4.78 is 12.8. The van der Waals surface area contributed by atoms with Gasteiger partial charge in [0, 0.05) is 45.5 Å². The van der Waals surface area contributed by atoms with Crippen molar-refractivity contribution in [2.75, 3.05) is 25.0 Å². The zero-order chi connectivity index (χ0) is 23.4. The summed E-state index contributed by atoms with van der Waals surface area (Å²) in [6.07, 6.45) is -0.115. The average molecular weight is 519 g/mol. The van der Waals surface area contributed by atoms with Crippen LogP contribution < -0.4 is 5.32 Å².